The molecule has 7 nitrogen and oxygen atoms in total. The molecule has 0 bridgehead atoms. The molecule has 0 saturated heterocycles. The van der Waals surface area contributed by atoms with Crippen LogP contribution in [0.4, 0.5) is 4.39 Å². The number of terminal acetylenes is 1. The van der Waals surface area contributed by atoms with E-state index in [0.29, 0.717) is 37.7 Å². The molecular weight excluding hydrogens is 519 g/mol. The number of hydrogen-bond acceptors (Lipinski definition) is 7. The maximum absolute atomic E-state index is 13.7. The molecule has 1 aliphatic heterocycles. The van der Waals surface area contributed by atoms with E-state index in [0.717, 1.165) is 11.3 Å². The first-order valence-electron chi connectivity index (χ1n) is 11.2. The highest BCUT2D eigenvalue weighted by molar-refractivity contribution is 7.07. The predicted octanol–water partition coefficient (Wildman–Crippen LogP) is 3.61. The lowest BCUT2D eigenvalue weighted by molar-refractivity contribution is -0.139. The third kappa shape index (κ3) is 5.17. The summed E-state index contributed by atoms with van der Waals surface area (Å²) in [5, 5.41) is 0.262. The van der Waals surface area contributed by atoms with Gasteiger partial charge in [-0.1, -0.05) is 41.0 Å². The van der Waals surface area contributed by atoms with E-state index in [1.807, 2.05) is 0 Å². The fourth-order valence-corrected chi connectivity index (χ4v) is 5.30. The molecule has 0 radical (unpaired) electrons. The number of methoxy groups -OCH3 is 1. The topological polar surface area (TPSA) is 79.1 Å². The third-order valence-corrected chi connectivity index (χ3v) is 6.82. The van der Waals surface area contributed by atoms with Crippen LogP contribution in [0.5, 0.6) is 11.5 Å². The molecule has 2 aromatic carbocycles. The zero-order valence-electron chi connectivity index (χ0n) is 20.2. The minimum absolute atomic E-state index is 0.0135. The van der Waals surface area contributed by atoms with Crippen molar-refractivity contribution in [3.05, 3.63) is 89.3 Å². The Morgan fingerprint density at radius 3 is 2.70 bits per heavy atom. The van der Waals surface area contributed by atoms with Gasteiger partial charge in [0.2, 0.25) is 0 Å². The molecule has 10 heteroatoms. The first-order chi connectivity index (χ1) is 17.8. The number of esters is 1. The highest BCUT2D eigenvalue weighted by Gasteiger charge is 2.33. The van der Waals surface area contributed by atoms with Gasteiger partial charge in [0.1, 0.15) is 12.4 Å². The summed E-state index contributed by atoms with van der Waals surface area (Å²) in [6, 6.07) is 8.09. The second-order valence-electron chi connectivity index (χ2n) is 7.88. The van der Waals surface area contributed by atoms with Crippen molar-refractivity contribution in [1.29, 1.82) is 0 Å². The van der Waals surface area contributed by atoms with Crippen LogP contribution in [0.25, 0.3) is 6.08 Å². The number of benzene rings is 2. The summed E-state index contributed by atoms with van der Waals surface area (Å²) in [5.41, 5.74) is 1.38. The number of rotatable bonds is 7. The van der Waals surface area contributed by atoms with Crippen LogP contribution in [-0.2, 0) is 9.53 Å². The molecule has 2 heterocycles. The van der Waals surface area contributed by atoms with Gasteiger partial charge in [0, 0.05) is 0 Å². The lowest BCUT2D eigenvalue weighted by atomic mass is 9.96. The number of halogens is 2. The van der Waals surface area contributed by atoms with Crippen molar-refractivity contribution >= 4 is 35.0 Å². The minimum Gasteiger partial charge on any atom is -0.493 e. The highest BCUT2D eigenvalue weighted by Crippen LogP contribution is 2.36. The summed E-state index contributed by atoms with van der Waals surface area (Å²) in [4.78, 5) is 31.5. The van der Waals surface area contributed by atoms with E-state index in [1.165, 1.54) is 35.9 Å². The van der Waals surface area contributed by atoms with Crippen molar-refractivity contribution in [1.82, 2.24) is 4.57 Å². The van der Waals surface area contributed by atoms with Gasteiger partial charge >= 0.3 is 5.97 Å². The van der Waals surface area contributed by atoms with Crippen molar-refractivity contribution < 1.29 is 23.4 Å². The molecule has 0 spiro atoms. The average molecular weight is 541 g/mol. The number of fused-ring (bicyclic) bond motifs is 1. The quantitative estimate of drug-likeness (QED) is 0.338. The second-order valence-corrected chi connectivity index (χ2v) is 9.30. The fourth-order valence-electron chi connectivity index (χ4n) is 3.98. The van der Waals surface area contributed by atoms with Crippen LogP contribution >= 0.6 is 22.9 Å². The van der Waals surface area contributed by atoms with E-state index < -0.39 is 17.8 Å². The van der Waals surface area contributed by atoms with E-state index in [1.54, 1.807) is 32.1 Å². The molecule has 1 aromatic heterocycles. The maximum atomic E-state index is 13.7. The number of nitrogens with zero attached hydrogens (tertiary/aromatic N) is 2. The number of aromatic nitrogens is 1. The smallest absolute Gasteiger partial charge is 0.338 e. The third-order valence-electron chi connectivity index (χ3n) is 5.55. The molecule has 1 aliphatic rings. The molecule has 0 aliphatic carbocycles. The van der Waals surface area contributed by atoms with Crippen molar-refractivity contribution in [2.24, 2.45) is 4.99 Å². The van der Waals surface area contributed by atoms with Crippen LogP contribution in [0, 0.1) is 18.2 Å². The van der Waals surface area contributed by atoms with Gasteiger partial charge in [0.05, 0.1) is 40.6 Å². The van der Waals surface area contributed by atoms with Gasteiger partial charge in [-0.2, -0.15) is 0 Å². The van der Waals surface area contributed by atoms with Gasteiger partial charge in [-0.05, 0) is 55.3 Å². The maximum Gasteiger partial charge on any atom is 0.338 e. The lowest BCUT2D eigenvalue weighted by Gasteiger charge is -2.24. The summed E-state index contributed by atoms with van der Waals surface area (Å²) in [6.45, 7) is 3.54. The Hall–Kier alpha value is -3.87. The standard InChI is InChI=1S/C27H22ClFN2O5S/c1-5-11-36-24-19(28)12-16(13-20(24)34-4)14-21-25(32)31-23(17-7-9-18(29)10-8-17)22(26(33)35-6-2)15(3)30-27(31)37-21/h1,7-10,12-14,23H,6,11H2,2-4H3/b21-14-/t23-/m1/s1. The monoisotopic (exact) mass is 540 g/mol. The molecular formula is C27H22ClFN2O5S. The van der Waals surface area contributed by atoms with E-state index in [9.17, 15) is 14.0 Å². The van der Waals surface area contributed by atoms with Crippen molar-refractivity contribution in [2.45, 2.75) is 19.9 Å². The van der Waals surface area contributed by atoms with Crippen molar-refractivity contribution in [2.75, 3.05) is 20.3 Å². The normalized spacial score (nSPS) is 15.0. The minimum atomic E-state index is -0.837. The summed E-state index contributed by atoms with van der Waals surface area (Å²) in [5.74, 6) is 2.00. The van der Waals surface area contributed by atoms with Gasteiger partial charge in [-0.3, -0.25) is 9.36 Å². The predicted molar refractivity (Wildman–Crippen MR) is 139 cm³/mol. The van der Waals surface area contributed by atoms with E-state index in [-0.39, 0.29) is 29.4 Å². The van der Waals surface area contributed by atoms with Gasteiger partial charge in [0.15, 0.2) is 16.3 Å². The Kier molecular flexibility index (Phi) is 7.81. The van der Waals surface area contributed by atoms with Crippen LogP contribution in [0.3, 0.4) is 0 Å². The summed E-state index contributed by atoms with van der Waals surface area (Å²) >= 11 is 7.55. The molecule has 0 amide bonds. The van der Waals surface area contributed by atoms with E-state index in [4.69, 9.17) is 32.2 Å². The van der Waals surface area contributed by atoms with E-state index >= 15 is 0 Å². The number of carbonyl (C=O) groups excluding carboxylic acids is 1. The van der Waals surface area contributed by atoms with Crippen LogP contribution in [0.15, 0.2) is 57.5 Å². The second kappa shape index (κ2) is 11.0. The zero-order chi connectivity index (χ0) is 26.7. The molecule has 0 unspecified atom stereocenters. The summed E-state index contributed by atoms with van der Waals surface area (Å²) in [7, 11) is 1.47. The molecule has 190 valence electrons. The number of carbonyl (C=O) groups is 1. The zero-order valence-corrected chi connectivity index (χ0v) is 21.8. The van der Waals surface area contributed by atoms with Gasteiger partial charge < -0.3 is 14.2 Å². The van der Waals surface area contributed by atoms with Gasteiger partial charge in [0.25, 0.3) is 5.56 Å². The Bertz CT molecular complexity index is 1620. The Balaban J connectivity index is 1.90. The van der Waals surface area contributed by atoms with E-state index in [2.05, 4.69) is 10.9 Å². The Morgan fingerprint density at radius 1 is 1.32 bits per heavy atom. The summed E-state index contributed by atoms with van der Waals surface area (Å²) < 4.78 is 31.6. The number of thiazole rings is 1. The van der Waals surface area contributed by atoms with Crippen LogP contribution in [0.2, 0.25) is 5.02 Å². The number of ether oxygens (including phenoxy) is 3. The largest absolute Gasteiger partial charge is 0.493 e. The van der Waals surface area contributed by atoms with Gasteiger partial charge in [-0.15, -0.1) is 6.42 Å². The molecule has 0 fully saturated rings. The van der Waals surface area contributed by atoms with Crippen molar-refractivity contribution in [3.8, 4) is 23.8 Å². The van der Waals surface area contributed by atoms with Crippen LogP contribution < -0.4 is 24.4 Å². The Morgan fingerprint density at radius 2 is 2.05 bits per heavy atom. The molecule has 0 saturated carbocycles. The van der Waals surface area contributed by atoms with Crippen molar-refractivity contribution in [3.63, 3.8) is 0 Å². The van der Waals surface area contributed by atoms with Crippen LogP contribution in [-0.4, -0.2) is 30.9 Å². The molecule has 3 aromatic rings. The first kappa shape index (κ1) is 26.2. The van der Waals surface area contributed by atoms with Gasteiger partial charge in [-0.25, -0.2) is 14.2 Å². The summed E-state index contributed by atoms with van der Waals surface area (Å²) in [6.07, 6.45) is 6.92. The highest BCUT2D eigenvalue weighted by atomic mass is 35.5. The number of hydrogen-bond donors (Lipinski definition) is 0. The lowest BCUT2D eigenvalue weighted by Crippen LogP contribution is -2.39. The molecule has 37 heavy (non-hydrogen) atoms. The van der Waals surface area contributed by atoms with Crippen LogP contribution in [0.1, 0.15) is 31.0 Å². The first-order valence-corrected chi connectivity index (χ1v) is 12.4. The molecule has 0 N–H and O–H groups in total. The average Bonchev–Trinajstić information content (AvgIpc) is 3.17. The molecule has 4 rings (SSSR count). The number of allylic oxidation sites excluding steroid dienone is 1. The molecule has 1 atom stereocenters. The SMILES string of the molecule is C#CCOc1c(Cl)cc(/C=c2\sc3n(c2=O)[C@H](c2ccc(F)cc2)C(C(=O)OCC)=C(C)N=3)cc1OC. The Labute approximate surface area is 221 Å². The fraction of sp³-hybridized carbons (Fsp3) is 0.222.